The van der Waals surface area contributed by atoms with E-state index in [2.05, 4.69) is 39.8 Å². The lowest BCUT2D eigenvalue weighted by atomic mass is 9.62. The van der Waals surface area contributed by atoms with Gasteiger partial charge in [0, 0.05) is 17.5 Å². The zero-order valence-corrected chi connectivity index (χ0v) is 12.0. The van der Waals surface area contributed by atoms with E-state index < -0.39 is 0 Å². The fourth-order valence-corrected chi connectivity index (χ4v) is 3.13. The zero-order chi connectivity index (χ0) is 13.6. The van der Waals surface area contributed by atoms with Gasteiger partial charge in [-0.1, -0.05) is 39.3 Å². The van der Waals surface area contributed by atoms with E-state index in [4.69, 9.17) is 5.73 Å². The predicted octanol–water partition coefficient (Wildman–Crippen LogP) is 3.38. The minimum absolute atomic E-state index is 0.0232. The molecule has 1 fully saturated rings. The van der Waals surface area contributed by atoms with Crippen molar-refractivity contribution in [2.75, 3.05) is 6.54 Å². The molecule has 0 aromatic heterocycles. The van der Waals surface area contributed by atoms with Gasteiger partial charge in [-0.25, -0.2) is 0 Å². The minimum atomic E-state index is -0.0356. The molecule has 2 rings (SSSR count). The Kier molecular flexibility index (Phi) is 3.18. The van der Waals surface area contributed by atoms with Gasteiger partial charge in [-0.15, -0.1) is 0 Å². The molecular weight excluding hydrogens is 222 g/mol. The van der Waals surface area contributed by atoms with Crippen molar-refractivity contribution in [2.24, 2.45) is 5.73 Å². The molecule has 18 heavy (non-hydrogen) atoms. The number of benzene rings is 1. The Bertz CT molecular complexity index is 447. The molecule has 1 saturated carbocycles. The van der Waals surface area contributed by atoms with E-state index in [-0.39, 0.29) is 10.8 Å². The number of nitrogens with two attached hydrogens (primary N) is 1. The first kappa shape index (κ1) is 13.4. The summed E-state index contributed by atoms with van der Waals surface area (Å²) in [5, 5.41) is 10.7. The van der Waals surface area contributed by atoms with Crippen molar-refractivity contribution in [3.05, 3.63) is 28.8 Å². The molecule has 0 spiro atoms. The highest BCUT2D eigenvalue weighted by Gasteiger charge is 2.41. The lowest BCUT2D eigenvalue weighted by Crippen LogP contribution is -2.42. The van der Waals surface area contributed by atoms with Crippen LogP contribution in [0, 0.1) is 6.92 Å². The number of hydrogen-bond acceptors (Lipinski definition) is 2. The molecule has 1 aliphatic carbocycles. The Morgan fingerprint density at radius 1 is 1.28 bits per heavy atom. The van der Waals surface area contributed by atoms with Gasteiger partial charge in [0.2, 0.25) is 0 Å². The van der Waals surface area contributed by atoms with Gasteiger partial charge in [0.05, 0.1) is 0 Å². The zero-order valence-electron chi connectivity index (χ0n) is 12.0. The number of aromatic hydroxyl groups is 1. The quantitative estimate of drug-likeness (QED) is 0.841. The molecule has 3 N–H and O–H groups in total. The summed E-state index contributed by atoms with van der Waals surface area (Å²) in [7, 11) is 0. The van der Waals surface area contributed by atoms with E-state index in [9.17, 15) is 5.11 Å². The maximum Gasteiger partial charge on any atom is 0.123 e. The number of rotatable bonds is 2. The van der Waals surface area contributed by atoms with Crippen LogP contribution in [0.4, 0.5) is 0 Å². The maximum absolute atomic E-state index is 10.7. The van der Waals surface area contributed by atoms with Gasteiger partial charge in [0.1, 0.15) is 5.75 Å². The second-order valence-electron chi connectivity index (χ2n) is 6.74. The van der Waals surface area contributed by atoms with Crippen LogP contribution >= 0.6 is 0 Å². The van der Waals surface area contributed by atoms with Crippen molar-refractivity contribution >= 4 is 0 Å². The highest BCUT2D eigenvalue weighted by atomic mass is 16.3. The van der Waals surface area contributed by atoms with E-state index in [1.165, 1.54) is 12.0 Å². The first-order chi connectivity index (χ1) is 8.32. The summed E-state index contributed by atoms with van der Waals surface area (Å²) in [6, 6.07) is 4.18. The van der Waals surface area contributed by atoms with Crippen LogP contribution in [0.15, 0.2) is 12.1 Å². The third kappa shape index (κ3) is 1.93. The number of phenolic OH excluding ortho intramolecular Hbond substituents is 1. The van der Waals surface area contributed by atoms with E-state index in [0.29, 0.717) is 12.3 Å². The summed E-state index contributed by atoms with van der Waals surface area (Å²) in [4.78, 5) is 0. The highest BCUT2D eigenvalue weighted by molar-refractivity contribution is 5.52. The summed E-state index contributed by atoms with van der Waals surface area (Å²) >= 11 is 0. The second kappa shape index (κ2) is 4.27. The predicted molar refractivity (Wildman–Crippen MR) is 76.1 cm³/mol. The molecule has 0 unspecified atom stereocenters. The molecule has 0 atom stereocenters. The molecule has 0 heterocycles. The molecule has 0 radical (unpaired) electrons. The van der Waals surface area contributed by atoms with Gasteiger partial charge in [-0.2, -0.15) is 0 Å². The van der Waals surface area contributed by atoms with Gasteiger partial charge >= 0.3 is 0 Å². The van der Waals surface area contributed by atoms with Crippen LogP contribution in [0.2, 0.25) is 0 Å². The van der Waals surface area contributed by atoms with Crippen LogP contribution in [0.3, 0.4) is 0 Å². The van der Waals surface area contributed by atoms with Crippen LogP contribution in [0.25, 0.3) is 0 Å². The SMILES string of the molecule is Cc1ccc(C(C)(C)C)c(O)c1C1(CN)CCC1. The molecule has 1 aromatic carbocycles. The van der Waals surface area contributed by atoms with Gasteiger partial charge < -0.3 is 10.8 Å². The van der Waals surface area contributed by atoms with Gasteiger partial charge in [-0.3, -0.25) is 0 Å². The largest absolute Gasteiger partial charge is 0.507 e. The summed E-state index contributed by atoms with van der Waals surface area (Å²) < 4.78 is 0. The lowest BCUT2D eigenvalue weighted by Gasteiger charge is -2.43. The Balaban J connectivity index is 2.60. The Hall–Kier alpha value is -1.02. The molecule has 1 aliphatic rings. The molecule has 0 amide bonds. The third-order valence-corrected chi connectivity index (χ3v) is 4.43. The van der Waals surface area contributed by atoms with Crippen LogP contribution in [0.5, 0.6) is 5.75 Å². The average molecular weight is 247 g/mol. The van der Waals surface area contributed by atoms with Crippen molar-refractivity contribution in [1.29, 1.82) is 0 Å². The van der Waals surface area contributed by atoms with Crippen molar-refractivity contribution < 1.29 is 5.11 Å². The monoisotopic (exact) mass is 247 g/mol. The standard InChI is InChI=1S/C16H25NO/c1-11-6-7-12(15(2,3)4)14(18)13(11)16(10-17)8-5-9-16/h6-7,18H,5,8-10,17H2,1-4H3. The summed E-state index contributed by atoms with van der Waals surface area (Å²) in [6.45, 7) is 9.12. The van der Waals surface area contributed by atoms with Gasteiger partial charge in [-0.05, 0) is 36.3 Å². The van der Waals surface area contributed by atoms with E-state index in [0.717, 1.165) is 24.0 Å². The number of phenols is 1. The molecule has 100 valence electrons. The van der Waals surface area contributed by atoms with Crippen LogP contribution < -0.4 is 5.73 Å². The topological polar surface area (TPSA) is 46.2 Å². The molecule has 0 saturated heterocycles. The Labute approximate surface area is 110 Å². The number of aryl methyl sites for hydroxylation is 1. The Morgan fingerprint density at radius 2 is 1.89 bits per heavy atom. The van der Waals surface area contributed by atoms with Crippen LogP contribution in [0.1, 0.15) is 56.7 Å². The smallest absolute Gasteiger partial charge is 0.123 e. The van der Waals surface area contributed by atoms with Crippen LogP contribution in [-0.2, 0) is 10.8 Å². The van der Waals surface area contributed by atoms with Crippen molar-refractivity contribution in [3.8, 4) is 5.75 Å². The maximum atomic E-state index is 10.7. The second-order valence-corrected chi connectivity index (χ2v) is 6.74. The van der Waals surface area contributed by atoms with Gasteiger partial charge in [0.15, 0.2) is 0 Å². The molecular formula is C16H25NO. The first-order valence-corrected chi connectivity index (χ1v) is 6.85. The van der Waals surface area contributed by atoms with E-state index in [1.807, 2.05) is 0 Å². The van der Waals surface area contributed by atoms with E-state index >= 15 is 0 Å². The molecule has 0 aliphatic heterocycles. The van der Waals surface area contributed by atoms with Gasteiger partial charge in [0.25, 0.3) is 0 Å². The molecule has 0 bridgehead atoms. The number of hydrogen-bond donors (Lipinski definition) is 2. The summed E-state index contributed by atoms with van der Waals surface area (Å²) in [5.41, 5.74) is 9.28. The fourth-order valence-electron chi connectivity index (χ4n) is 3.13. The Morgan fingerprint density at radius 3 is 2.28 bits per heavy atom. The normalized spacial score (nSPS) is 18.5. The van der Waals surface area contributed by atoms with Crippen molar-refractivity contribution in [3.63, 3.8) is 0 Å². The lowest BCUT2D eigenvalue weighted by molar-refractivity contribution is 0.242. The van der Waals surface area contributed by atoms with Crippen molar-refractivity contribution in [1.82, 2.24) is 0 Å². The van der Waals surface area contributed by atoms with Crippen LogP contribution in [-0.4, -0.2) is 11.7 Å². The molecule has 2 heteroatoms. The molecule has 2 nitrogen and oxygen atoms in total. The van der Waals surface area contributed by atoms with E-state index in [1.54, 1.807) is 0 Å². The minimum Gasteiger partial charge on any atom is -0.507 e. The summed E-state index contributed by atoms with van der Waals surface area (Å²) in [5.74, 6) is 0.479. The molecule has 1 aromatic rings. The fraction of sp³-hybridized carbons (Fsp3) is 0.625. The third-order valence-electron chi connectivity index (χ3n) is 4.43. The first-order valence-electron chi connectivity index (χ1n) is 6.85. The average Bonchev–Trinajstić information content (AvgIpc) is 2.19. The highest BCUT2D eigenvalue weighted by Crippen LogP contribution is 2.49. The summed E-state index contributed by atoms with van der Waals surface area (Å²) in [6.07, 6.45) is 3.42. The van der Waals surface area contributed by atoms with Crippen molar-refractivity contribution in [2.45, 2.75) is 57.8 Å².